The van der Waals surface area contributed by atoms with Crippen LogP contribution in [0.15, 0.2) is 0 Å². The van der Waals surface area contributed by atoms with Crippen molar-refractivity contribution in [2.75, 3.05) is 46.4 Å². The molecule has 1 rings (SSSR count). The van der Waals surface area contributed by atoms with Gasteiger partial charge in [-0.1, -0.05) is 0 Å². The first-order valence-corrected chi connectivity index (χ1v) is 4.78. The molecule has 0 radical (unpaired) electrons. The van der Waals surface area contributed by atoms with Crippen molar-refractivity contribution in [1.82, 2.24) is 10.2 Å². The number of β-amino-alcohol motifs (C(OH)–C–C–N with tert-alkyl or cyclic N) is 1. The Hall–Kier alpha value is -0.160. The van der Waals surface area contributed by atoms with Gasteiger partial charge in [0.15, 0.2) is 0 Å². The minimum Gasteiger partial charge on any atom is -0.388 e. The molecular formula is C9H20N2O2. The molecule has 4 heteroatoms. The number of methoxy groups -OCH3 is 1. The normalized spacial score (nSPS) is 31.6. The van der Waals surface area contributed by atoms with E-state index in [1.807, 2.05) is 6.92 Å². The number of rotatable bonds is 3. The van der Waals surface area contributed by atoms with Crippen molar-refractivity contribution in [1.29, 1.82) is 0 Å². The zero-order valence-electron chi connectivity index (χ0n) is 8.55. The van der Waals surface area contributed by atoms with Gasteiger partial charge in [0.2, 0.25) is 0 Å². The lowest BCUT2D eigenvalue weighted by molar-refractivity contribution is 0.0275. The second kappa shape index (κ2) is 4.91. The molecule has 1 aliphatic heterocycles. The Labute approximate surface area is 79.9 Å². The van der Waals surface area contributed by atoms with Crippen LogP contribution in [0.4, 0.5) is 0 Å². The standard InChI is InChI=1S/C9H20N2O2/c1-9(12)7-10-3-4-11(8-9)5-6-13-2/h10,12H,3-8H2,1-2H3. The molecule has 0 aromatic carbocycles. The summed E-state index contributed by atoms with van der Waals surface area (Å²) in [5.41, 5.74) is -0.607. The number of nitrogens with one attached hydrogen (secondary N) is 1. The molecule has 1 fully saturated rings. The molecule has 13 heavy (non-hydrogen) atoms. The number of aliphatic hydroxyl groups is 1. The second-order valence-electron chi connectivity index (χ2n) is 3.94. The average molecular weight is 188 g/mol. The van der Waals surface area contributed by atoms with Gasteiger partial charge in [-0.25, -0.2) is 0 Å². The average Bonchev–Trinajstić information content (AvgIpc) is 2.22. The highest BCUT2D eigenvalue weighted by molar-refractivity contribution is 4.83. The van der Waals surface area contributed by atoms with Crippen LogP contribution in [0.2, 0.25) is 0 Å². The van der Waals surface area contributed by atoms with Crippen molar-refractivity contribution in [2.24, 2.45) is 0 Å². The van der Waals surface area contributed by atoms with E-state index in [0.29, 0.717) is 6.54 Å². The molecule has 1 atom stereocenters. The quantitative estimate of drug-likeness (QED) is 0.614. The summed E-state index contributed by atoms with van der Waals surface area (Å²) in [6, 6.07) is 0. The summed E-state index contributed by atoms with van der Waals surface area (Å²) in [7, 11) is 1.70. The maximum atomic E-state index is 9.88. The van der Waals surface area contributed by atoms with E-state index in [-0.39, 0.29) is 0 Å². The Balaban J connectivity index is 2.36. The highest BCUT2D eigenvalue weighted by Crippen LogP contribution is 2.07. The van der Waals surface area contributed by atoms with Crippen molar-refractivity contribution < 1.29 is 9.84 Å². The largest absolute Gasteiger partial charge is 0.388 e. The molecule has 1 aliphatic rings. The first kappa shape index (κ1) is 10.9. The number of ether oxygens (including phenoxy) is 1. The lowest BCUT2D eigenvalue weighted by atomic mass is 10.1. The van der Waals surface area contributed by atoms with Crippen LogP contribution in [0.1, 0.15) is 6.92 Å². The van der Waals surface area contributed by atoms with Gasteiger partial charge in [0.1, 0.15) is 0 Å². The van der Waals surface area contributed by atoms with Crippen LogP contribution in [0.3, 0.4) is 0 Å². The fourth-order valence-electron chi connectivity index (χ4n) is 1.62. The predicted molar refractivity (Wildman–Crippen MR) is 51.8 cm³/mol. The van der Waals surface area contributed by atoms with Gasteiger partial charge in [0.25, 0.3) is 0 Å². The maximum Gasteiger partial charge on any atom is 0.0869 e. The van der Waals surface area contributed by atoms with Gasteiger partial charge < -0.3 is 15.2 Å². The van der Waals surface area contributed by atoms with Crippen LogP contribution >= 0.6 is 0 Å². The van der Waals surface area contributed by atoms with Crippen LogP contribution in [0.5, 0.6) is 0 Å². The Morgan fingerprint density at radius 3 is 3.08 bits per heavy atom. The molecule has 0 aliphatic carbocycles. The molecule has 0 amide bonds. The Morgan fingerprint density at radius 1 is 1.62 bits per heavy atom. The fraction of sp³-hybridized carbons (Fsp3) is 1.00. The van der Waals surface area contributed by atoms with Crippen LogP contribution in [-0.2, 0) is 4.74 Å². The topological polar surface area (TPSA) is 44.7 Å². The number of nitrogens with zero attached hydrogens (tertiary/aromatic N) is 1. The number of hydrogen-bond acceptors (Lipinski definition) is 4. The first-order valence-electron chi connectivity index (χ1n) is 4.78. The molecule has 1 saturated heterocycles. The van der Waals surface area contributed by atoms with Crippen LogP contribution in [0.25, 0.3) is 0 Å². The van der Waals surface area contributed by atoms with E-state index in [2.05, 4.69) is 10.2 Å². The molecule has 0 aromatic rings. The van der Waals surface area contributed by atoms with Crippen molar-refractivity contribution in [3.63, 3.8) is 0 Å². The van der Waals surface area contributed by atoms with E-state index in [4.69, 9.17) is 4.74 Å². The van der Waals surface area contributed by atoms with Gasteiger partial charge in [-0.05, 0) is 6.92 Å². The lowest BCUT2D eigenvalue weighted by Gasteiger charge is -2.27. The molecule has 0 spiro atoms. The Morgan fingerprint density at radius 2 is 2.38 bits per heavy atom. The monoisotopic (exact) mass is 188 g/mol. The zero-order chi connectivity index (χ0) is 9.73. The van der Waals surface area contributed by atoms with Crippen molar-refractivity contribution in [3.05, 3.63) is 0 Å². The molecule has 1 unspecified atom stereocenters. The second-order valence-corrected chi connectivity index (χ2v) is 3.94. The fourth-order valence-corrected chi connectivity index (χ4v) is 1.62. The summed E-state index contributed by atoms with van der Waals surface area (Å²) >= 11 is 0. The van der Waals surface area contributed by atoms with Gasteiger partial charge in [0.05, 0.1) is 12.2 Å². The maximum absolute atomic E-state index is 9.88. The van der Waals surface area contributed by atoms with Crippen molar-refractivity contribution in [3.8, 4) is 0 Å². The summed E-state index contributed by atoms with van der Waals surface area (Å²) in [4.78, 5) is 2.23. The molecule has 0 aromatic heterocycles. The van der Waals surface area contributed by atoms with E-state index in [9.17, 15) is 5.11 Å². The summed E-state index contributed by atoms with van der Waals surface area (Å²) in [5.74, 6) is 0. The van der Waals surface area contributed by atoms with Gasteiger partial charge in [0, 0.05) is 39.8 Å². The summed E-state index contributed by atoms with van der Waals surface area (Å²) in [6.07, 6.45) is 0. The minimum absolute atomic E-state index is 0.607. The van der Waals surface area contributed by atoms with E-state index in [1.54, 1.807) is 7.11 Å². The molecule has 0 saturated carbocycles. The Kier molecular flexibility index (Phi) is 4.12. The van der Waals surface area contributed by atoms with Crippen molar-refractivity contribution in [2.45, 2.75) is 12.5 Å². The van der Waals surface area contributed by atoms with Gasteiger partial charge >= 0.3 is 0 Å². The van der Waals surface area contributed by atoms with Gasteiger partial charge in [-0.2, -0.15) is 0 Å². The summed E-state index contributed by atoms with van der Waals surface area (Å²) in [6.45, 7) is 6.83. The van der Waals surface area contributed by atoms with Crippen LogP contribution < -0.4 is 5.32 Å². The lowest BCUT2D eigenvalue weighted by Crippen LogP contribution is -2.44. The van der Waals surface area contributed by atoms with E-state index >= 15 is 0 Å². The number of hydrogen-bond donors (Lipinski definition) is 2. The highest BCUT2D eigenvalue weighted by atomic mass is 16.5. The van der Waals surface area contributed by atoms with E-state index < -0.39 is 5.60 Å². The third-order valence-electron chi connectivity index (χ3n) is 2.29. The third kappa shape index (κ3) is 4.04. The van der Waals surface area contributed by atoms with Crippen LogP contribution in [0, 0.1) is 0 Å². The SMILES string of the molecule is COCCN1CCNCC(C)(O)C1. The first-order chi connectivity index (χ1) is 6.14. The molecule has 1 heterocycles. The van der Waals surface area contributed by atoms with E-state index in [1.165, 1.54) is 0 Å². The minimum atomic E-state index is -0.607. The van der Waals surface area contributed by atoms with E-state index in [0.717, 1.165) is 32.8 Å². The summed E-state index contributed by atoms with van der Waals surface area (Å²) in [5, 5.41) is 13.1. The van der Waals surface area contributed by atoms with Gasteiger partial charge in [-0.15, -0.1) is 0 Å². The molecular weight excluding hydrogens is 168 g/mol. The smallest absolute Gasteiger partial charge is 0.0869 e. The zero-order valence-corrected chi connectivity index (χ0v) is 8.55. The van der Waals surface area contributed by atoms with Crippen molar-refractivity contribution >= 4 is 0 Å². The Bertz CT molecular complexity index is 151. The third-order valence-corrected chi connectivity index (χ3v) is 2.29. The summed E-state index contributed by atoms with van der Waals surface area (Å²) < 4.78 is 5.01. The van der Waals surface area contributed by atoms with Crippen LogP contribution in [-0.4, -0.2) is 62.0 Å². The van der Waals surface area contributed by atoms with Gasteiger partial charge in [-0.3, -0.25) is 4.90 Å². The predicted octanol–water partition coefficient (Wildman–Crippen LogP) is -0.711. The molecule has 4 nitrogen and oxygen atoms in total. The molecule has 78 valence electrons. The molecule has 0 bridgehead atoms. The highest BCUT2D eigenvalue weighted by Gasteiger charge is 2.25. The molecule has 2 N–H and O–H groups in total.